The van der Waals surface area contributed by atoms with Crippen LogP contribution < -0.4 is 5.32 Å². The fraction of sp³-hybridized carbons (Fsp3) is 0.414. The van der Waals surface area contributed by atoms with Crippen molar-refractivity contribution in [1.82, 2.24) is 24.4 Å². The second kappa shape index (κ2) is 9.57. The van der Waals surface area contributed by atoms with Gasteiger partial charge in [0, 0.05) is 30.8 Å². The zero-order valence-electron chi connectivity index (χ0n) is 23.5. The summed E-state index contributed by atoms with van der Waals surface area (Å²) < 4.78 is 54.7. The molecule has 1 aliphatic heterocycles. The minimum atomic E-state index is -3.07. The average molecular weight is 583 g/mol. The van der Waals surface area contributed by atoms with Gasteiger partial charge < -0.3 is 14.6 Å². The fourth-order valence-electron chi connectivity index (χ4n) is 5.18. The molecular formula is C29H29F3N6O4. The highest BCUT2D eigenvalue weighted by atomic mass is 19.3. The summed E-state index contributed by atoms with van der Waals surface area (Å²) in [5.74, 6) is -4.07. The molecule has 0 bridgehead atoms. The van der Waals surface area contributed by atoms with Crippen molar-refractivity contribution in [3.05, 3.63) is 65.7 Å². The van der Waals surface area contributed by atoms with Gasteiger partial charge in [0.2, 0.25) is 11.7 Å². The smallest absolute Gasteiger partial charge is 0.410 e. The quantitative estimate of drug-likeness (QED) is 0.292. The summed E-state index contributed by atoms with van der Waals surface area (Å²) in [5.41, 5.74) is -0.480. The number of hydrogen-bond acceptors (Lipinski definition) is 7. The highest BCUT2D eigenvalue weighted by Gasteiger charge is 2.55. The molecule has 4 aromatic rings. The highest BCUT2D eigenvalue weighted by molar-refractivity contribution is 6.03. The van der Waals surface area contributed by atoms with Gasteiger partial charge >= 0.3 is 6.09 Å². The summed E-state index contributed by atoms with van der Waals surface area (Å²) in [6.45, 7) is 6.72. The van der Waals surface area contributed by atoms with Crippen LogP contribution in [0.4, 0.5) is 23.7 Å². The Kier molecular flexibility index (Phi) is 6.32. The zero-order valence-corrected chi connectivity index (χ0v) is 23.5. The number of nitrogens with one attached hydrogen (secondary N) is 1. The second-order valence-electron chi connectivity index (χ2n) is 12.1. The van der Waals surface area contributed by atoms with Crippen LogP contribution in [0.5, 0.6) is 0 Å². The van der Waals surface area contributed by atoms with Gasteiger partial charge in [-0.15, -0.1) is 0 Å². The molecule has 13 heteroatoms. The second-order valence-corrected chi connectivity index (χ2v) is 12.1. The van der Waals surface area contributed by atoms with Crippen molar-refractivity contribution >= 4 is 23.3 Å². The summed E-state index contributed by atoms with van der Waals surface area (Å²) >= 11 is 0. The van der Waals surface area contributed by atoms with Crippen LogP contribution in [0.15, 0.2) is 47.2 Å². The normalized spacial score (nSPS) is 18.1. The lowest BCUT2D eigenvalue weighted by Crippen LogP contribution is -2.37. The molecule has 2 amide bonds. The lowest BCUT2D eigenvalue weighted by atomic mass is 10.0. The third kappa shape index (κ3) is 5.30. The Hall–Kier alpha value is -4.42. The number of ether oxygens (including phenoxy) is 1. The molecule has 1 aliphatic carbocycles. The molecule has 4 heterocycles. The van der Waals surface area contributed by atoms with Gasteiger partial charge in [-0.3, -0.25) is 14.1 Å². The predicted octanol–water partition coefficient (Wildman–Crippen LogP) is 6.35. The van der Waals surface area contributed by atoms with Crippen molar-refractivity contribution in [3.8, 4) is 11.4 Å². The Morgan fingerprint density at radius 2 is 1.90 bits per heavy atom. The molecule has 1 N–H and O–H groups in total. The van der Waals surface area contributed by atoms with E-state index in [1.54, 1.807) is 25.7 Å². The summed E-state index contributed by atoms with van der Waals surface area (Å²) in [6, 6.07) is 5.90. The summed E-state index contributed by atoms with van der Waals surface area (Å²) in [7, 11) is 0. The number of fused-ring (bicyclic) bond motifs is 1. The van der Waals surface area contributed by atoms with E-state index in [-0.39, 0.29) is 39.7 Å². The third-order valence-corrected chi connectivity index (χ3v) is 7.55. The maximum atomic E-state index is 14.8. The van der Waals surface area contributed by atoms with Gasteiger partial charge in [-0.2, -0.15) is 4.98 Å². The molecule has 220 valence electrons. The summed E-state index contributed by atoms with van der Waals surface area (Å²) in [4.78, 5) is 36.2. The van der Waals surface area contributed by atoms with Gasteiger partial charge in [-0.1, -0.05) is 5.16 Å². The number of carbonyl (C=O) groups is 2. The molecule has 1 spiro atoms. The third-order valence-electron chi connectivity index (χ3n) is 7.55. The van der Waals surface area contributed by atoms with E-state index in [0.29, 0.717) is 18.5 Å². The first-order valence-electron chi connectivity index (χ1n) is 13.5. The molecular weight excluding hydrogens is 553 g/mol. The fourth-order valence-corrected chi connectivity index (χ4v) is 5.18. The van der Waals surface area contributed by atoms with Gasteiger partial charge in [0.1, 0.15) is 28.8 Å². The number of nitrogens with zero attached hydrogens (tertiary/aromatic N) is 5. The minimum absolute atomic E-state index is 0.0279. The van der Waals surface area contributed by atoms with E-state index in [2.05, 4.69) is 20.4 Å². The van der Waals surface area contributed by atoms with Gasteiger partial charge in [0.25, 0.3) is 11.8 Å². The van der Waals surface area contributed by atoms with Crippen molar-refractivity contribution in [2.24, 2.45) is 5.41 Å². The van der Waals surface area contributed by atoms with Crippen molar-refractivity contribution < 1.29 is 32.0 Å². The van der Waals surface area contributed by atoms with Crippen LogP contribution in [0.2, 0.25) is 0 Å². The standard InChI is InChI=1S/C29H29F3N6O4/c1-27(2,3)41-26(40)38-15-29(8-9-29)13-20(38)25-35-23(36-42-25)16-5-6-18(30)19(11-16)34-24(39)21-14-33-22-12-17(28(4,31)32)7-10-37(21)22/h5-7,10-12,14,20H,8-9,13,15H2,1-4H3,(H,34,39)/t20-/m0/s1. The lowest BCUT2D eigenvalue weighted by molar-refractivity contribution is 0.0172. The molecule has 2 fully saturated rings. The van der Waals surface area contributed by atoms with E-state index in [0.717, 1.165) is 25.8 Å². The summed E-state index contributed by atoms with van der Waals surface area (Å²) in [5, 5.41) is 6.57. The number of carbonyl (C=O) groups excluding carboxylic acids is 2. The lowest BCUT2D eigenvalue weighted by Gasteiger charge is -2.27. The number of benzene rings is 1. The number of halogens is 3. The molecule has 2 aliphatic rings. The zero-order chi connectivity index (χ0) is 30.0. The topological polar surface area (TPSA) is 115 Å². The molecule has 1 saturated carbocycles. The van der Waals surface area contributed by atoms with Crippen molar-refractivity contribution in [2.45, 2.75) is 64.5 Å². The van der Waals surface area contributed by atoms with Crippen molar-refractivity contribution in [3.63, 3.8) is 0 Å². The number of anilines is 1. The van der Waals surface area contributed by atoms with Gasteiger partial charge in [-0.05, 0) is 75.8 Å². The molecule has 1 saturated heterocycles. The first-order valence-corrected chi connectivity index (χ1v) is 13.5. The number of rotatable bonds is 5. The molecule has 0 radical (unpaired) electrons. The Morgan fingerprint density at radius 3 is 2.60 bits per heavy atom. The molecule has 10 nitrogen and oxygen atoms in total. The van der Waals surface area contributed by atoms with Crippen LogP contribution in [-0.2, 0) is 10.7 Å². The number of hydrogen-bond donors (Lipinski definition) is 1. The predicted molar refractivity (Wildman–Crippen MR) is 144 cm³/mol. The SMILES string of the molecule is CC(C)(C)OC(=O)N1CC2(CC2)C[C@H]1c1nc(-c2ccc(F)c(NC(=O)c3cnc4cc(C(C)(F)F)ccn34)c2)no1. The molecule has 6 rings (SSSR count). The minimum Gasteiger partial charge on any atom is -0.444 e. The molecule has 42 heavy (non-hydrogen) atoms. The van der Waals surface area contributed by atoms with E-state index < -0.39 is 35.4 Å². The average Bonchev–Trinajstić information content (AvgIpc) is 3.25. The largest absolute Gasteiger partial charge is 0.444 e. The van der Waals surface area contributed by atoms with Gasteiger partial charge in [0.05, 0.1) is 11.9 Å². The monoisotopic (exact) mass is 582 g/mol. The van der Waals surface area contributed by atoms with Crippen LogP contribution in [0, 0.1) is 11.2 Å². The van der Waals surface area contributed by atoms with Crippen LogP contribution >= 0.6 is 0 Å². The van der Waals surface area contributed by atoms with Crippen molar-refractivity contribution in [1.29, 1.82) is 0 Å². The Morgan fingerprint density at radius 1 is 1.14 bits per heavy atom. The van der Waals surface area contributed by atoms with Crippen LogP contribution in [0.1, 0.15) is 74.9 Å². The van der Waals surface area contributed by atoms with Crippen LogP contribution in [0.25, 0.3) is 17.0 Å². The molecule has 1 atom stereocenters. The Labute approximate surface area is 238 Å². The molecule has 3 aromatic heterocycles. The van der Waals surface area contributed by atoms with Crippen LogP contribution in [-0.4, -0.2) is 48.6 Å². The van der Waals surface area contributed by atoms with Crippen LogP contribution in [0.3, 0.4) is 0 Å². The number of alkyl halides is 2. The first kappa shape index (κ1) is 27.7. The number of likely N-dealkylation sites (tertiary alicyclic amines) is 1. The highest BCUT2D eigenvalue weighted by Crippen LogP contribution is 2.58. The van der Waals surface area contributed by atoms with Crippen molar-refractivity contribution in [2.75, 3.05) is 11.9 Å². The Bertz CT molecular complexity index is 1700. The summed E-state index contributed by atoms with van der Waals surface area (Å²) in [6.07, 6.45) is 4.77. The number of pyridine rings is 1. The van der Waals surface area contributed by atoms with E-state index in [9.17, 15) is 22.8 Å². The maximum absolute atomic E-state index is 14.8. The van der Waals surface area contributed by atoms with E-state index in [1.165, 1.54) is 41.1 Å². The number of aromatic nitrogens is 4. The number of amides is 2. The van der Waals surface area contributed by atoms with E-state index >= 15 is 0 Å². The maximum Gasteiger partial charge on any atom is 0.410 e. The van der Waals surface area contributed by atoms with Gasteiger partial charge in [0.15, 0.2) is 0 Å². The van der Waals surface area contributed by atoms with Gasteiger partial charge in [-0.25, -0.2) is 22.9 Å². The number of imidazole rings is 1. The molecule has 0 unspecified atom stereocenters. The van der Waals surface area contributed by atoms with E-state index in [1.807, 2.05) is 0 Å². The Balaban J connectivity index is 1.23. The van der Waals surface area contributed by atoms with E-state index in [4.69, 9.17) is 9.26 Å². The molecule has 1 aromatic carbocycles. The first-order chi connectivity index (χ1) is 19.7.